The first kappa shape index (κ1) is 12.4. The predicted octanol–water partition coefficient (Wildman–Crippen LogP) is 3.21. The summed E-state index contributed by atoms with van der Waals surface area (Å²) in [7, 11) is 1.91. The summed E-state index contributed by atoms with van der Waals surface area (Å²) in [4.78, 5) is 0. The average Bonchev–Trinajstić information content (AvgIpc) is 2.60. The minimum atomic E-state index is 0.607. The average molecular weight is 270 g/mol. The molecule has 2 rings (SSSR count). The number of nitrogens with zero attached hydrogens (tertiary/aromatic N) is 2. The maximum Gasteiger partial charge on any atom is 0.0675 e. The fraction of sp³-hybridized carbons (Fsp3) is 0.250. The van der Waals surface area contributed by atoms with Gasteiger partial charge in [-0.05, 0) is 32.2 Å². The standard InChI is InChI=1S/C12H13Cl2N3/c1-8-9(6-15-2)7-17(16-8)12-4-10(13)3-11(14)5-12/h3-5,7,15H,6H2,1-2H3. The first-order chi connectivity index (χ1) is 8.10. The first-order valence-electron chi connectivity index (χ1n) is 5.26. The fourth-order valence-electron chi connectivity index (χ4n) is 1.66. The first-order valence-corrected chi connectivity index (χ1v) is 6.02. The van der Waals surface area contributed by atoms with Crippen LogP contribution in [0.5, 0.6) is 0 Å². The molecule has 0 unspecified atom stereocenters. The van der Waals surface area contributed by atoms with Crippen LogP contribution in [0, 0.1) is 6.92 Å². The maximum absolute atomic E-state index is 5.97. The van der Waals surface area contributed by atoms with Gasteiger partial charge in [0.15, 0.2) is 0 Å². The SMILES string of the molecule is CNCc1cn(-c2cc(Cl)cc(Cl)c2)nc1C. The molecule has 2 aromatic rings. The third-order valence-electron chi connectivity index (χ3n) is 2.48. The Morgan fingerprint density at radius 2 is 1.88 bits per heavy atom. The summed E-state index contributed by atoms with van der Waals surface area (Å²) >= 11 is 11.9. The van der Waals surface area contributed by atoms with Crippen LogP contribution < -0.4 is 5.32 Å². The molecular weight excluding hydrogens is 257 g/mol. The Labute approximate surface area is 110 Å². The molecule has 0 spiro atoms. The number of aryl methyl sites for hydroxylation is 1. The summed E-state index contributed by atoms with van der Waals surface area (Å²) < 4.78 is 1.79. The lowest BCUT2D eigenvalue weighted by Gasteiger charge is -2.02. The zero-order valence-electron chi connectivity index (χ0n) is 9.67. The molecule has 0 aliphatic rings. The van der Waals surface area contributed by atoms with Crippen molar-refractivity contribution in [1.29, 1.82) is 0 Å². The monoisotopic (exact) mass is 269 g/mol. The highest BCUT2D eigenvalue weighted by molar-refractivity contribution is 6.34. The molecule has 1 aromatic carbocycles. The summed E-state index contributed by atoms with van der Waals surface area (Å²) in [5, 5.41) is 8.76. The van der Waals surface area contributed by atoms with Gasteiger partial charge in [0.1, 0.15) is 0 Å². The second-order valence-corrected chi connectivity index (χ2v) is 4.72. The summed E-state index contributed by atoms with van der Waals surface area (Å²) in [6, 6.07) is 5.38. The van der Waals surface area contributed by atoms with Crippen LogP contribution in [-0.4, -0.2) is 16.8 Å². The van der Waals surface area contributed by atoms with Crippen LogP contribution in [0.25, 0.3) is 5.69 Å². The van der Waals surface area contributed by atoms with E-state index in [1.165, 1.54) is 0 Å². The highest BCUT2D eigenvalue weighted by Crippen LogP contribution is 2.22. The van der Waals surface area contributed by atoms with Gasteiger partial charge < -0.3 is 5.32 Å². The molecule has 0 saturated carbocycles. The lowest BCUT2D eigenvalue weighted by Crippen LogP contribution is -2.05. The van der Waals surface area contributed by atoms with E-state index in [0.29, 0.717) is 10.0 Å². The third kappa shape index (κ3) is 2.80. The number of hydrogen-bond acceptors (Lipinski definition) is 2. The molecule has 0 aliphatic carbocycles. The van der Waals surface area contributed by atoms with Gasteiger partial charge in [-0.15, -0.1) is 0 Å². The van der Waals surface area contributed by atoms with Crippen molar-refractivity contribution in [2.24, 2.45) is 0 Å². The normalized spacial score (nSPS) is 10.8. The number of hydrogen-bond donors (Lipinski definition) is 1. The summed E-state index contributed by atoms with van der Waals surface area (Å²) in [6.07, 6.45) is 1.98. The number of aromatic nitrogens is 2. The molecule has 0 amide bonds. The number of nitrogens with one attached hydrogen (secondary N) is 1. The predicted molar refractivity (Wildman–Crippen MR) is 71.1 cm³/mol. The van der Waals surface area contributed by atoms with Gasteiger partial charge in [0.2, 0.25) is 0 Å². The van der Waals surface area contributed by atoms with Gasteiger partial charge in [-0.2, -0.15) is 5.10 Å². The van der Waals surface area contributed by atoms with Gasteiger partial charge >= 0.3 is 0 Å². The van der Waals surface area contributed by atoms with E-state index in [1.54, 1.807) is 10.7 Å². The van der Waals surface area contributed by atoms with Gasteiger partial charge in [0, 0.05) is 28.4 Å². The molecule has 0 atom stereocenters. The molecule has 0 aliphatic heterocycles. The quantitative estimate of drug-likeness (QED) is 0.928. The van der Waals surface area contributed by atoms with E-state index in [-0.39, 0.29) is 0 Å². The number of halogens is 2. The van der Waals surface area contributed by atoms with Gasteiger partial charge in [0.25, 0.3) is 0 Å². The van der Waals surface area contributed by atoms with Crippen LogP contribution in [0.2, 0.25) is 10.0 Å². The van der Waals surface area contributed by atoms with Crippen LogP contribution in [0.1, 0.15) is 11.3 Å². The highest BCUT2D eigenvalue weighted by Gasteiger charge is 2.06. The van der Waals surface area contributed by atoms with Crippen LogP contribution >= 0.6 is 23.2 Å². The molecule has 3 nitrogen and oxygen atoms in total. The Kier molecular flexibility index (Phi) is 3.72. The molecule has 0 radical (unpaired) electrons. The summed E-state index contributed by atoms with van der Waals surface area (Å²) in [5.41, 5.74) is 3.02. The summed E-state index contributed by atoms with van der Waals surface area (Å²) in [6.45, 7) is 2.77. The van der Waals surface area contributed by atoms with Crippen molar-refractivity contribution in [2.45, 2.75) is 13.5 Å². The second-order valence-electron chi connectivity index (χ2n) is 3.84. The van der Waals surface area contributed by atoms with E-state index in [0.717, 1.165) is 23.5 Å². The van der Waals surface area contributed by atoms with Crippen molar-refractivity contribution in [1.82, 2.24) is 15.1 Å². The van der Waals surface area contributed by atoms with Crippen molar-refractivity contribution in [3.63, 3.8) is 0 Å². The molecule has 0 saturated heterocycles. The van der Waals surface area contributed by atoms with E-state index >= 15 is 0 Å². The number of rotatable bonds is 3. The Hall–Kier alpha value is -1.03. The van der Waals surface area contributed by atoms with Crippen molar-refractivity contribution in [3.8, 4) is 5.69 Å². The van der Waals surface area contributed by atoms with E-state index < -0.39 is 0 Å². The second kappa shape index (κ2) is 5.08. The maximum atomic E-state index is 5.97. The molecule has 5 heteroatoms. The fourth-order valence-corrected chi connectivity index (χ4v) is 2.18. The van der Waals surface area contributed by atoms with Crippen LogP contribution in [0.3, 0.4) is 0 Å². The van der Waals surface area contributed by atoms with Gasteiger partial charge in [0.05, 0.1) is 11.4 Å². The lowest BCUT2D eigenvalue weighted by atomic mass is 10.2. The van der Waals surface area contributed by atoms with E-state index in [4.69, 9.17) is 23.2 Å². The van der Waals surface area contributed by atoms with Crippen molar-refractivity contribution in [3.05, 3.63) is 45.7 Å². The topological polar surface area (TPSA) is 29.9 Å². The van der Waals surface area contributed by atoms with Crippen molar-refractivity contribution >= 4 is 23.2 Å². The Bertz CT molecular complexity index is 514. The molecular formula is C12H13Cl2N3. The molecule has 1 heterocycles. The van der Waals surface area contributed by atoms with Crippen molar-refractivity contribution < 1.29 is 0 Å². The zero-order valence-corrected chi connectivity index (χ0v) is 11.2. The summed E-state index contributed by atoms with van der Waals surface area (Å²) in [5.74, 6) is 0. The van der Waals surface area contributed by atoms with Crippen LogP contribution in [0.15, 0.2) is 24.4 Å². The van der Waals surface area contributed by atoms with E-state index in [1.807, 2.05) is 32.3 Å². The largest absolute Gasteiger partial charge is 0.316 e. The highest BCUT2D eigenvalue weighted by atomic mass is 35.5. The van der Waals surface area contributed by atoms with Gasteiger partial charge in [-0.25, -0.2) is 4.68 Å². The van der Waals surface area contributed by atoms with E-state index in [9.17, 15) is 0 Å². The molecule has 17 heavy (non-hydrogen) atoms. The minimum absolute atomic E-state index is 0.607. The van der Waals surface area contributed by atoms with Gasteiger partial charge in [-0.1, -0.05) is 23.2 Å². The van der Waals surface area contributed by atoms with Crippen molar-refractivity contribution in [2.75, 3.05) is 7.05 Å². The van der Waals surface area contributed by atoms with Gasteiger partial charge in [-0.3, -0.25) is 0 Å². The molecule has 0 bridgehead atoms. The Morgan fingerprint density at radius 1 is 1.24 bits per heavy atom. The Balaban J connectivity index is 2.42. The molecule has 1 aromatic heterocycles. The zero-order chi connectivity index (χ0) is 12.4. The number of benzene rings is 1. The molecule has 90 valence electrons. The molecule has 1 N–H and O–H groups in total. The molecule has 0 fully saturated rings. The lowest BCUT2D eigenvalue weighted by molar-refractivity contribution is 0.812. The minimum Gasteiger partial charge on any atom is -0.316 e. The van der Waals surface area contributed by atoms with Crippen LogP contribution in [-0.2, 0) is 6.54 Å². The van der Waals surface area contributed by atoms with E-state index in [2.05, 4.69) is 10.4 Å². The Morgan fingerprint density at radius 3 is 2.47 bits per heavy atom. The third-order valence-corrected chi connectivity index (χ3v) is 2.92. The smallest absolute Gasteiger partial charge is 0.0675 e. The van der Waals surface area contributed by atoms with Crippen LogP contribution in [0.4, 0.5) is 0 Å².